The van der Waals surface area contributed by atoms with Gasteiger partial charge in [0.1, 0.15) is 0 Å². The van der Waals surface area contributed by atoms with Gasteiger partial charge in [0.2, 0.25) is 5.91 Å². The van der Waals surface area contributed by atoms with Gasteiger partial charge in [-0.25, -0.2) is 0 Å². The summed E-state index contributed by atoms with van der Waals surface area (Å²) in [6, 6.07) is 0. The lowest BCUT2D eigenvalue weighted by atomic mass is 10.3. The number of nitrogens with zero attached hydrogens (tertiary/aromatic N) is 1. The van der Waals surface area contributed by atoms with Crippen molar-refractivity contribution < 1.29 is 9.53 Å². The second-order valence-corrected chi connectivity index (χ2v) is 3.70. The molecule has 0 saturated heterocycles. The van der Waals surface area contributed by atoms with E-state index in [0.717, 1.165) is 5.00 Å². The van der Waals surface area contributed by atoms with Crippen LogP contribution in [0.1, 0.15) is 12.8 Å². The summed E-state index contributed by atoms with van der Waals surface area (Å²) in [4.78, 5) is 10.5. The van der Waals surface area contributed by atoms with Gasteiger partial charge in [0.25, 0.3) is 0 Å². The molecule has 15 heavy (non-hydrogen) atoms. The van der Waals surface area contributed by atoms with Crippen LogP contribution in [-0.2, 0) is 4.79 Å². The Balaban J connectivity index is 2.40. The number of nitrogens with two attached hydrogens (primary N) is 2. The van der Waals surface area contributed by atoms with Crippen LogP contribution in [0.4, 0.5) is 10.8 Å². The smallest absolute Gasteiger partial charge is 0.217 e. The van der Waals surface area contributed by atoms with Crippen LogP contribution in [0.25, 0.3) is 0 Å². The molecule has 7 heteroatoms. The fourth-order valence-corrected chi connectivity index (χ4v) is 1.78. The molecule has 0 spiro atoms. The van der Waals surface area contributed by atoms with Crippen molar-refractivity contribution in [3.8, 4) is 5.75 Å². The highest BCUT2D eigenvalue weighted by molar-refractivity contribution is 7.11. The fraction of sp³-hybridized carbons (Fsp3) is 0.500. The van der Waals surface area contributed by atoms with E-state index in [4.69, 9.17) is 16.2 Å². The highest BCUT2D eigenvalue weighted by atomic mass is 32.1. The number of aromatic nitrogens is 1. The highest BCUT2D eigenvalue weighted by Gasteiger charge is 2.10. The van der Waals surface area contributed by atoms with Crippen LogP contribution in [0.5, 0.6) is 5.75 Å². The van der Waals surface area contributed by atoms with Gasteiger partial charge in [0.05, 0.1) is 7.11 Å². The zero-order valence-corrected chi connectivity index (χ0v) is 9.26. The van der Waals surface area contributed by atoms with Crippen LogP contribution in [0.15, 0.2) is 0 Å². The maximum Gasteiger partial charge on any atom is 0.217 e. The lowest BCUT2D eigenvalue weighted by Gasteiger charge is -2.04. The van der Waals surface area contributed by atoms with Crippen molar-refractivity contribution in [3.05, 3.63) is 0 Å². The molecule has 1 aromatic rings. The first-order valence-corrected chi connectivity index (χ1v) is 5.23. The van der Waals surface area contributed by atoms with Crippen molar-refractivity contribution in [2.75, 3.05) is 24.7 Å². The predicted molar refractivity (Wildman–Crippen MR) is 60.0 cm³/mol. The minimum absolute atomic E-state index is 0.299. The number of carbonyl (C=O) groups excluding carboxylic acids is 1. The van der Waals surface area contributed by atoms with E-state index in [1.165, 1.54) is 18.6 Å². The molecular weight excluding hydrogens is 216 g/mol. The van der Waals surface area contributed by atoms with Gasteiger partial charge in [0.15, 0.2) is 16.6 Å². The van der Waals surface area contributed by atoms with E-state index in [2.05, 4.69) is 9.69 Å². The summed E-state index contributed by atoms with van der Waals surface area (Å²) < 4.78 is 9.00. The van der Waals surface area contributed by atoms with Crippen molar-refractivity contribution in [3.63, 3.8) is 0 Å². The number of anilines is 2. The number of carbonyl (C=O) groups is 1. The lowest BCUT2D eigenvalue weighted by molar-refractivity contribution is -0.118. The largest absolute Gasteiger partial charge is 0.490 e. The first-order chi connectivity index (χ1) is 7.15. The molecule has 1 rings (SSSR count). The summed E-state index contributed by atoms with van der Waals surface area (Å²) in [6.45, 7) is 0.640. The highest BCUT2D eigenvalue weighted by Crippen LogP contribution is 2.34. The number of nitrogens with one attached hydrogen (secondary N) is 1. The molecule has 5 N–H and O–H groups in total. The summed E-state index contributed by atoms with van der Waals surface area (Å²) in [5.74, 6) is 0.631. The van der Waals surface area contributed by atoms with E-state index in [1.54, 1.807) is 0 Å². The number of amides is 1. The molecule has 0 aromatic carbocycles. The third-order valence-corrected chi connectivity index (χ3v) is 2.56. The normalized spacial score (nSPS) is 9.93. The molecule has 0 bridgehead atoms. The summed E-state index contributed by atoms with van der Waals surface area (Å²) in [5.41, 5.74) is 10.6. The topological polar surface area (TPSA) is 103 Å². The molecule has 1 aromatic heterocycles. The average molecular weight is 230 g/mol. The maximum absolute atomic E-state index is 10.5. The summed E-state index contributed by atoms with van der Waals surface area (Å²) in [6.07, 6.45) is 1.04. The van der Waals surface area contributed by atoms with E-state index in [9.17, 15) is 4.79 Å². The van der Waals surface area contributed by atoms with E-state index >= 15 is 0 Å². The molecule has 0 aliphatic carbocycles. The lowest BCUT2D eigenvalue weighted by Crippen LogP contribution is -2.12. The number of ether oxygens (including phenoxy) is 1. The number of hydrogen-bond donors (Lipinski definition) is 3. The van der Waals surface area contributed by atoms with Gasteiger partial charge in [-0.1, -0.05) is 0 Å². The number of rotatable bonds is 6. The number of primary amides is 1. The van der Waals surface area contributed by atoms with Crippen molar-refractivity contribution in [1.29, 1.82) is 0 Å². The summed E-state index contributed by atoms with van der Waals surface area (Å²) in [5, 5.41) is 3.86. The summed E-state index contributed by atoms with van der Waals surface area (Å²) in [7, 11) is 1.54. The van der Waals surface area contributed by atoms with Crippen molar-refractivity contribution >= 4 is 28.3 Å². The predicted octanol–water partition coefficient (Wildman–Crippen LogP) is 0.411. The monoisotopic (exact) mass is 230 g/mol. The molecule has 84 valence electrons. The van der Waals surface area contributed by atoms with Gasteiger partial charge in [-0.2, -0.15) is 4.37 Å². The Morgan fingerprint density at radius 2 is 2.40 bits per heavy atom. The van der Waals surface area contributed by atoms with Crippen LogP contribution in [0, 0.1) is 0 Å². The standard InChI is InChI=1S/C8H14N4O2S/c1-14-6-7(10)12-15-8(6)11-4-2-3-5(9)13/h11H,2-4H2,1H3,(H2,9,13)(H2,10,12). The summed E-state index contributed by atoms with van der Waals surface area (Å²) >= 11 is 1.23. The fourth-order valence-electron chi connectivity index (χ4n) is 1.07. The van der Waals surface area contributed by atoms with Gasteiger partial charge in [0, 0.05) is 13.0 Å². The van der Waals surface area contributed by atoms with E-state index in [-0.39, 0.29) is 5.91 Å². The molecule has 0 unspecified atom stereocenters. The van der Waals surface area contributed by atoms with Gasteiger partial charge in [-0.05, 0) is 18.0 Å². The van der Waals surface area contributed by atoms with E-state index in [0.29, 0.717) is 31.0 Å². The molecule has 0 atom stereocenters. The van der Waals surface area contributed by atoms with E-state index in [1.807, 2.05) is 0 Å². The van der Waals surface area contributed by atoms with E-state index < -0.39 is 0 Å². The van der Waals surface area contributed by atoms with Gasteiger partial charge < -0.3 is 21.5 Å². The molecule has 0 aliphatic heterocycles. The second-order valence-electron chi connectivity index (χ2n) is 2.93. The Hall–Kier alpha value is -1.50. The second kappa shape index (κ2) is 5.40. The molecule has 6 nitrogen and oxygen atoms in total. The Labute approximate surface area is 91.8 Å². The Bertz CT molecular complexity index is 339. The minimum Gasteiger partial charge on any atom is -0.490 e. The first kappa shape index (κ1) is 11.6. The Morgan fingerprint density at radius 3 is 3.00 bits per heavy atom. The first-order valence-electron chi connectivity index (χ1n) is 4.46. The van der Waals surface area contributed by atoms with Crippen LogP contribution in [0.2, 0.25) is 0 Å². The molecule has 0 aliphatic rings. The van der Waals surface area contributed by atoms with Crippen LogP contribution >= 0.6 is 11.5 Å². The van der Waals surface area contributed by atoms with Crippen LogP contribution in [-0.4, -0.2) is 23.9 Å². The molecule has 1 heterocycles. The Kier molecular flexibility index (Phi) is 4.17. The van der Waals surface area contributed by atoms with Crippen molar-refractivity contribution in [1.82, 2.24) is 4.37 Å². The maximum atomic E-state index is 10.5. The Morgan fingerprint density at radius 1 is 1.67 bits per heavy atom. The zero-order valence-electron chi connectivity index (χ0n) is 8.45. The van der Waals surface area contributed by atoms with Gasteiger partial charge in [-0.15, -0.1) is 0 Å². The average Bonchev–Trinajstić information content (AvgIpc) is 2.53. The molecule has 0 radical (unpaired) electrons. The molecule has 1 amide bonds. The van der Waals surface area contributed by atoms with Crippen LogP contribution < -0.4 is 21.5 Å². The molecular formula is C8H14N4O2S. The number of nitrogen functional groups attached to an aromatic ring is 1. The third kappa shape index (κ3) is 3.28. The zero-order chi connectivity index (χ0) is 11.3. The van der Waals surface area contributed by atoms with Gasteiger partial charge >= 0.3 is 0 Å². The van der Waals surface area contributed by atoms with Crippen molar-refractivity contribution in [2.24, 2.45) is 5.73 Å². The molecule has 0 fully saturated rings. The van der Waals surface area contributed by atoms with Crippen LogP contribution in [0.3, 0.4) is 0 Å². The minimum atomic E-state index is -0.299. The number of methoxy groups -OCH3 is 1. The SMILES string of the molecule is COc1c(N)nsc1NCCCC(N)=O. The van der Waals surface area contributed by atoms with Crippen molar-refractivity contribution in [2.45, 2.75) is 12.8 Å². The third-order valence-electron chi connectivity index (χ3n) is 1.76. The quantitative estimate of drug-likeness (QED) is 0.614. The number of hydrogen-bond acceptors (Lipinski definition) is 6. The van der Waals surface area contributed by atoms with Gasteiger partial charge in [-0.3, -0.25) is 4.79 Å². The molecule has 0 saturated carbocycles.